The molecule has 4 aromatic rings. The van der Waals surface area contributed by atoms with E-state index in [0.717, 1.165) is 16.5 Å². The Bertz CT molecular complexity index is 1620. The smallest absolute Gasteiger partial charge is 0.338 e. The van der Waals surface area contributed by atoms with E-state index < -0.39 is 12.0 Å². The van der Waals surface area contributed by atoms with Gasteiger partial charge in [-0.3, -0.25) is 9.36 Å². The number of H-pyrrole nitrogens is 1. The molecule has 172 valence electrons. The molecule has 1 atom stereocenters. The molecule has 0 saturated carbocycles. The van der Waals surface area contributed by atoms with E-state index in [1.165, 1.54) is 11.3 Å². The summed E-state index contributed by atoms with van der Waals surface area (Å²) >= 11 is 1.30. The third kappa shape index (κ3) is 3.56. The zero-order chi connectivity index (χ0) is 23.8. The molecule has 1 aliphatic heterocycles. The Morgan fingerprint density at radius 3 is 2.76 bits per heavy atom. The molecule has 7 nitrogen and oxygen atoms in total. The molecule has 0 amide bonds. The number of hydrogen-bond donors (Lipinski definition) is 1. The first-order valence-electron chi connectivity index (χ1n) is 10.9. The molecule has 0 saturated heterocycles. The molecular weight excluding hydrogens is 450 g/mol. The molecule has 3 heterocycles. The van der Waals surface area contributed by atoms with Crippen molar-refractivity contribution in [2.45, 2.75) is 19.9 Å². The maximum Gasteiger partial charge on any atom is 0.338 e. The molecule has 0 radical (unpaired) electrons. The second kappa shape index (κ2) is 8.79. The number of aromatic nitrogens is 2. The van der Waals surface area contributed by atoms with Gasteiger partial charge in [0, 0.05) is 28.2 Å². The minimum absolute atomic E-state index is 0.221. The second-order valence-corrected chi connectivity index (χ2v) is 8.84. The van der Waals surface area contributed by atoms with Crippen LogP contribution in [0.15, 0.2) is 75.8 Å². The number of esters is 1. The number of nitrogens with zero attached hydrogens (tertiary/aromatic N) is 2. The van der Waals surface area contributed by atoms with Gasteiger partial charge in [0.25, 0.3) is 5.56 Å². The van der Waals surface area contributed by atoms with E-state index in [1.54, 1.807) is 25.5 Å². The van der Waals surface area contributed by atoms with Crippen LogP contribution in [0.5, 0.6) is 5.75 Å². The molecule has 1 N–H and O–H groups in total. The number of methoxy groups -OCH3 is 1. The zero-order valence-electron chi connectivity index (χ0n) is 19.0. The van der Waals surface area contributed by atoms with Crippen LogP contribution in [0.2, 0.25) is 0 Å². The van der Waals surface area contributed by atoms with Gasteiger partial charge in [0.05, 0.1) is 29.5 Å². The maximum atomic E-state index is 13.7. The topological polar surface area (TPSA) is 85.7 Å². The summed E-state index contributed by atoms with van der Waals surface area (Å²) in [6, 6.07) is 14.6. The first-order chi connectivity index (χ1) is 16.5. The van der Waals surface area contributed by atoms with Gasteiger partial charge in [-0.2, -0.15) is 0 Å². The molecule has 0 spiro atoms. The van der Waals surface area contributed by atoms with Gasteiger partial charge in [0.15, 0.2) is 4.80 Å². The van der Waals surface area contributed by atoms with Crippen molar-refractivity contribution in [3.63, 3.8) is 0 Å². The minimum atomic E-state index is -0.712. The summed E-state index contributed by atoms with van der Waals surface area (Å²) in [7, 11) is 1.57. The summed E-state index contributed by atoms with van der Waals surface area (Å²) in [5.41, 5.74) is 3.23. The molecule has 2 aromatic heterocycles. The number of aromatic amines is 1. The largest absolute Gasteiger partial charge is 0.496 e. The van der Waals surface area contributed by atoms with E-state index in [4.69, 9.17) is 9.47 Å². The fraction of sp³-hybridized carbons (Fsp3) is 0.192. The van der Waals surface area contributed by atoms with Gasteiger partial charge < -0.3 is 14.5 Å². The van der Waals surface area contributed by atoms with Crippen LogP contribution in [0.1, 0.15) is 31.0 Å². The van der Waals surface area contributed by atoms with Gasteiger partial charge in [0.2, 0.25) is 0 Å². The van der Waals surface area contributed by atoms with Crippen molar-refractivity contribution in [2.24, 2.45) is 4.99 Å². The third-order valence-corrected chi connectivity index (χ3v) is 6.84. The van der Waals surface area contributed by atoms with Crippen molar-refractivity contribution in [3.8, 4) is 5.75 Å². The normalized spacial score (nSPS) is 15.9. The number of allylic oxidation sites excluding steroid dienone is 1. The number of thiazole rings is 1. The maximum absolute atomic E-state index is 13.7. The molecule has 5 rings (SSSR count). The number of para-hydroxylation sites is 2. The predicted octanol–water partition coefficient (Wildman–Crippen LogP) is 3.29. The SMILES string of the molecule is CCOC(=O)C1=C(C)N=c2s/c(=C/c3c[nH]c4ccccc34)c(=O)n2C1c1ccccc1OC. The molecule has 2 aromatic carbocycles. The molecule has 8 heteroatoms. The standard InChI is InChI=1S/C26H23N3O4S/c1-4-33-25(31)22-15(2)28-26-29(23(22)18-10-6-8-12-20(18)32-3)24(30)21(34-26)13-16-14-27-19-11-7-5-9-17(16)19/h5-14,23,27H,4H2,1-3H3/b21-13+. The van der Waals surface area contributed by atoms with Crippen molar-refractivity contribution >= 4 is 34.3 Å². The lowest BCUT2D eigenvalue weighted by Gasteiger charge is -2.25. The van der Waals surface area contributed by atoms with Crippen LogP contribution in [0.3, 0.4) is 0 Å². The summed E-state index contributed by atoms with van der Waals surface area (Å²) in [5, 5.41) is 1.03. The van der Waals surface area contributed by atoms with E-state index in [1.807, 2.05) is 60.8 Å². The molecule has 34 heavy (non-hydrogen) atoms. The zero-order valence-corrected chi connectivity index (χ0v) is 19.8. The Kier molecular flexibility index (Phi) is 5.67. The van der Waals surface area contributed by atoms with Crippen LogP contribution < -0.4 is 19.6 Å². The van der Waals surface area contributed by atoms with Crippen molar-refractivity contribution < 1.29 is 14.3 Å². The molecule has 0 fully saturated rings. The first-order valence-corrected chi connectivity index (χ1v) is 11.7. The number of rotatable bonds is 5. The Hall–Kier alpha value is -3.91. The summed E-state index contributed by atoms with van der Waals surface area (Å²) in [6.45, 7) is 3.74. The average Bonchev–Trinajstić information content (AvgIpc) is 3.39. The fourth-order valence-corrected chi connectivity index (χ4v) is 5.37. The number of carbonyl (C=O) groups is 1. The lowest BCUT2D eigenvalue weighted by Crippen LogP contribution is -2.40. The molecule has 1 aliphatic rings. The quantitative estimate of drug-likeness (QED) is 0.451. The van der Waals surface area contributed by atoms with Crippen molar-refractivity contribution in [1.29, 1.82) is 0 Å². The number of nitrogens with one attached hydrogen (secondary N) is 1. The number of carbonyl (C=O) groups excluding carboxylic acids is 1. The highest BCUT2D eigenvalue weighted by atomic mass is 32.1. The Labute approximate surface area is 199 Å². The number of hydrogen-bond acceptors (Lipinski definition) is 6. The Morgan fingerprint density at radius 1 is 1.21 bits per heavy atom. The van der Waals surface area contributed by atoms with Gasteiger partial charge >= 0.3 is 5.97 Å². The van der Waals surface area contributed by atoms with Gasteiger partial charge in [-0.25, -0.2) is 9.79 Å². The number of ether oxygens (including phenoxy) is 2. The van der Waals surface area contributed by atoms with E-state index in [-0.39, 0.29) is 12.2 Å². The van der Waals surface area contributed by atoms with E-state index in [2.05, 4.69) is 9.98 Å². The predicted molar refractivity (Wildman–Crippen MR) is 132 cm³/mol. The Morgan fingerprint density at radius 2 is 1.97 bits per heavy atom. The van der Waals surface area contributed by atoms with Gasteiger partial charge in [0.1, 0.15) is 11.8 Å². The van der Waals surface area contributed by atoms with E-state index in [9.17, 15) is 9.59 Å². The average molecular weight is 474 g/mol. The number of fused-ring (bicyclic) bond motifs is 2. The van der Waals surface area contributed by atoms with E-state index >= 15 is 0 Å². The van der Waals surface area contributed by atoms with Crippen LogP contribution in [0.4, 0.5) is 0 Å². The molecule has 0 bridgehead atoms. The van der Waals surface area contributed by atoms with Gasteiger partial charge in [-0.15, -0.1) is 0 Å². The van der Waals surface area contributed by atoms with Crippen molar-refractivity contribution in [1.82, 2.24) is 9.55 Å². The third-order valence-electron chi connectivity index (χ3n) is 5.86. The summed E-state index contributed by atoms with van der Waals surface area (Å²) in [4.78, 5) is 35.2. The summed E-state index contributed by atoms with van der Waals surface area (Å²) in [6.07, 6.45) is 3.75. The monoisotopic (exact) mass is 473 g/mol. The van der Waals surface area contributed by atoms with E-state index in [0.29, 0.717) is 31.9 Å². The fourth-order valence-electron chi connectivity index (χ4n) is 4.33. The van der Waals surface area contributed by atoms with Gasteiger partial charge in [-0.05, 0) is 32.1 Å². The number of benzene rings is 2. The highest BCUT2D eigenvalue weighted by molar-refractivity contribution is 7.07. The lowest BCUT2D eigenvalue weighted by molar-refractivity contribution is -0.139. The van der Waals surface area contributed by atoms with Crippen molar-refractivity contribution in [2.75, 3.05) is 13.7 Å². The van der Waals surface area contributed by atoms with Crippen LogP contribution in [0.25, 0.3) is 17.0 Å². The van der Waals surface area contributed by atoms with Gasteiger partial charge in [-0.1, -0.05) is 47.7 Å². The lowest BCUT2D eigenvalue weighted by atomic mass is 9.95. The van der Waals surface area contributed by atoms with Crippen LogP contribution in [0, 0.1) is 0 Å². The summed E-state index contributed by atoms with van der Waals surface area (Å²) in [5.74, 6) is 0.0840. The molecular formula is C26H23N3O4S. The van der Waals surface area contributed by atoms with Crippen LogP contribution >= 0.6 is 11.3 Å². The highest BCUT2D eigenvalue weighted by Gasteiger charge is 2.34. The van der Waals surface area contributed by atoms with Crippen molar-refractivity contribution in [3.05, 3.63) is 96.8 Å². The molecule has 1 unspecified atom stereocenters. The Balaban J connectivity index is 1.77. The minimum Gasteiger partial charge on any atom is -0.496 e. The molecule has 0 aliphatic carbocycles. The first kappa shape index (κ1) is 21.9. The highest BCUT2D eigenvalue weighted by Crippen LogP contribution is 2.35. The second-order valence-electron chi connectivity index (χ2n) is 7.83. The van der Waals surface area contributed by atoms with Crippen LogP contribution in [-0.4, -0.2) is 29.2 Å². The van der Waals surface area contributed by atoms with Crippen LogP contribution in [-0.2, 0) is 9.53 Å². The summed E-state index contributed by atoms with van der Waals surface area (Å²) < 4.78 is 13.0.